The highest BCUT2D eigenvalue weighted by Crippen LogP contribution is 2.25. The molecular weight excluding hydrogens is 358 g/mol. The third kappa shape index (κ3) is 3.94. The lowest BCUT2D eigenvalue weighted by atomic mass is 10.1. The minimum absolute atomic E-state index is 0.0986. The smallest absolute Gasteiger partial charge is 0.338 e. The molecule has 8 heteroatoms. The van der Waals surface area contributed by atoms with Crippen molar-refractivity contribution >= 4 is 23.5 Å². The van der Waals surface area contributed by atoms with Crippen LogP contribution in [0.25, 0.3) is 0 Å². The zero-order valence-electron chi connectivity index (χ0n) is 14.4. The van der Waals surface area contributed by atoms with Crippen LogP contribution in [0.4, 0.5) is 14.5 Å². The Morgan fingerprint density at radius 2 is 1.70 bits per heavy atom. The Kier molecular flexibility index (Phi) is 5.16. The molecule has 0 aliphatic carbocycles. The Morgan fingerprint density at radius 1 is 1.07 bits per heavy atom. The van der Waals surface area contributed by atoms with E-state index in [2.05, 4.69) is 5.43 Å². The summed E-state index contributed by atoms with van der Waals surface area (Å²) in [6, 6.07) is 9.13. The number of hydrogen-bond acceptors (Lipinski definition) is 4. The summed E-state index contributed by atoms with van der Waals surface area (Å²) >= 11 is 0. The second-order valence-corrected chi connectivity index (χ2v) is 5.99. The number of carbonyl (C=O) groups excluding carboxylic acids is 3. The van der Waals surface area contributed by atoms with Gasteiger partial charge in [0.2, 0.25) is 11.8 Å². The van der Waals surface area contributed by atoms with E-state index in [0.29, 0.717) is 5.69 Å². The van der Waals surface area contributed by atoms with Crippen LogP contribution in [0.2, 0.25) is 0 Å². The minimum Gasteiger partial charge on any atom is -0.454 e. The first-order valence-electron chi connectivity index (χ1n) is 8.24. The highest BCUT2D eigenvalue weighted by atomic mass is 19.1. The maximum Gasteiger partial charge on any atom is 0.338 e. The standard InChI is InChI=1S/C19H16F2N2O4/c1-11(18-14(20)3-2-4-15(18)21)27-19(26)12-5-7-13(8-6-12)23-17(25)10-9-16(24)22-23/h2-8,11H,9-10H2,1H3,(H,22,24)/t11-/m0/s1. The van der Waals surface area contributed by atoms with E-state index >= 15 is 0 Å². The van der Waals surface area contributed by atoms with E-state index in [-0.39, 0.29) is 35.8 Å². The molecule has 1 fully saturated rings. The van der Waals surface area contributed by atoms with Crippen molar-refractivity contribution in [1.29, 1.82) is 0 Å². The Bertz CT molecular complexity index is 879. The number of nitrogens with one attached hydrogen (secondary N) is 1. The van der Waals surface area contributed by atoms with E-state index in [4.69, 9.17) is 4.74 Å². The average Bonchev–Trinajstić information content (AvgIpc) is 2.63. The summed E-state index contributed by atoms with van der Waals surface area (Å²) in [6.45, 7) is 1.37. The molecule has 0 spiro atoms. The highest BCUT2D eigenvalue weighted by molar-refractivity contribution is 6.01. The van der Waals surface area contributed by atoms with Gasteiger partial charge in [-0.15, -0.1) is 0 Å². The van der Waals surface area contributed by atoms with Gasteiger partial charge in [-0.25, -0.2) is 18.6 Å². The molecule has 0 saturated carbocycles. The number of esters is 1. The first-order valence-corrected chi connectivity index (χ1v) is 8.24. The van der Waals surface area contributed by atoms with Gasteiger partial charge in [0.05, 0.1) is 16.8 Å². The minimum atomic E-state index is -1.12. The predicted molar refractivity (Wildman–Crippen MR) is 91.5 cm³/mol. The second-order valence-electron chi connectivity index (χ2n) is 5.99. The first kappa shape index (κ1) is 18.5. The lowest BCUT2D eigenvalue weighted by molar-refractivity contribution is -0.130. The van der Waals surface area contributed by atoms with Crippen LogP contribution in [-0.4, -0.2) is 17.8 Å². The SMILES string of the molecule is C[C@H](OC(=O)c1ccc(N2NC(=O)CCC2=O)cc1)c1c(F)cccc1F. The molecule has 0 bridgehead atoms. The number of hydrogen-bond donors (Lipinski definition) is 1. The zero-order valence-corrected chi connectivity index (χ0v) is 14.4. The molecule has 0 unspecified atom stereocenters. The quantitative estimate of drug-likeness (QED) is 0.835. The van der Waals surface area contributed by atoms with Crippen LogP contribution in [0.3, 0.4) is 0 Å². The van der Waals surface area contributed by atoms with E-state index < -0.39 is 23.7 Å². The summed E-state index contributed by atoms with van der Waals surface area (Å²) < 4.78 is 32.7. The van der Waals surface area contributed by atoms with Gasteiger partial charge in [0.1, 0.15) is 17.7 Å². The lowest BCUT2D eigenvalue weighted by Crippen LogP contribution is -2.50. The fourth-order valence-electron chi connectivity index (χ4n) is 2.72. The molecule has 1 aliphatic rings. The van der Waals surface area contributed by atoms with E-state index in [1.54, 1.807) is 0 Å². The Hall–Kier alpha value is -3.29. The maximum atomic E-state index is 13.8. The van der Waals surface area contributed by atoms with Crippen molar-refractivity contribution in [3.63, 3.8) is 0 Å². The number of hydrazine groups is 1. The molecule has 2 aromatic carbocycles. The van der Waals surface area contributed by atoms with Crippen LogP contribution in [0.1, 0.15) is 41.8 Å². The largest absolute Gasteiger partial charge is 0.454 e. The summed E-state index contributed by atoms with van der Waals surface area (Å²) in [4.78, 5) is 35.5. The molecule has 1 N–H and O–H groups in total. The molecular formula is C19H16F2N2O4. The number of rotatable bonds is 4. The van der Waals surface area contributed by atoms with Crippen molar-refractivity contribution in [3.05, 3.63) is 65.2 Å². The maximum absolute atomic E-state index is 13.8. The zero-order chi connectivity index (χ0) is 19.6. The van der Waals surface area contributed by atoms with Crippen LogP contribution in [0.5, 0.6) is 0 Å². The van der Waals surface area contributed by atoms with Gasteiger partial charge in [-0.3, -0.25) is 15.0 Å². The molecule has 2 aromatic rings. The molecule has 0 radical (unpaired) electrons. The number of anilines is 1. The summed E-state index contributed by atoms with van der Waals surface area (Å²) in [7, 11) is 0. The Labute approximate surface area is 153 Å². The molecule has 1 heterocycles. The van der Waals surface area contributed by atoms with Gasteiger partial charge in [0, 0.05) is 12.8 Å². The van der Waals surface area contributed by atoms with Gasteiger partial charge in [-0.1, -0.05) is 6.07 Å². The second kappa shape index (κ2) is 7.53. The summed E-state index contributed by atoms with van der Waals surface area (Å²) in [6.07, 6.45) is -0.896. The van der Waals surface area contributed by atoms with E-state index in [1.807, 2.05) is 0 Å². The van der Waals surface area contributed by atoms with Gasteiger partial charge < -0.3 is 4.74 Å². The van der Waals surface area contributed by atoms with E-state index in [0.717, 1.165) is 17.1 Å². The summed E-state index contributed by atoms with van der Waals surface area (Å²) in [5.74, 6) is -2.92. The van der Waals surface area contributed by atoms with Crippen LogP contribution >= 0.6 is 0 Å². The number of amides is 2. The van der Waals surface area contributed by atoms with Crippen LogP contribution in [0, 0.1) is 11.6 Å². The van der Waals surface area contributed by atoms with Gasteiger partial charge in [-0.2, -0.15) is 0 Å². The Balaban J connectivity index is 1.72. The summed E-state index contributed by atoms with van der Waals surface area (Å²) in [5.41, 5.74) is 2.64. The van der Waals surface area contributed by atoms with Gasteiger partial charge in [0.25, 0.3) is 0 Å². The third-order valence-electron chi connectivity index (χ3n) is 4.10. The monoisotopic (exact) mass is 374 g/mol. The molecule has 2 amide bonds. The molecule has 0 aromatic heterocycles. The van der Waals surface area contributed by atoms with Gasteiger partial charge in [0.15, 0.2) is 0 Å². The molecule has 27 heavy (non-hydrogen) atoms. The van der Waals surface area contributed by atoms with Gasteiger partial charge in [-0.05, 0) is 43.3 Å². The van der Waals surface area contributed by atoms with Crippen molar-refractivity contribution in [2.75, 3.05) is 5.01 Å². The highest BCUT2D eigenvalue weighted by Gasteiger charge is 2.25. The van der Waals surface area contributed by atoms with Crippen molar-refractivity contribution < 1.29 is 27.9 Å². The normalized spacial score (nSPS) is 15.3. The predicted octanol–water partition coefficient (Wildman–Crippen LogP) is 3.04. The van der Waals surface area contributed by atoms with Crippen molar-refractivity contribution in [3.8, 4) is 0 Å². The van der Waals surface area contributed by atoms with Crippen molar-refractivity contribution in [2.24, 2.45) is 0 Å². The van der Waals surface area contributed by atoms with Crippen LogP contribution in [-0.2, 0) is 14.3 Å². The molecule has 6 nitrogen and oxygen atoms in total. The van der Waals surface area contributed by atoms with E-state index in [9.17, 15) is 23.2 Å². The molecule has 1 aliphatic heterocycles. The topological polar surface area (TPSA) is 75.7 Å². The van der Waals surface area contributed by atoms with Gasteiger partial charge >= 0.3 is 5.97 Å². The van der Waals surface area contributed by atoms with Crippen LogP contribution < -0.4 is 10.4 Å². The third-order valence-corrected chi connectivity index (χ3v) is 4.10. The fourth-order valence-corrected chi connectivity index (χ4v) is 2.72. The fraction of sp³-hybridized carbons (Fsp3) is 0.211. The molecule has 140 valence electrons. The number of benzene rings is 2. The lowest BCUT2D eigenvalue weighted by Gasteiger charge is -2.27. The molecule has 3 rings (SSSR count). The molecule has 1 atom stereocenters. The first-order chi connectivity index (χ1) is 12.9. The average molecular weight is 374 g/mol. The molecule has 1 saturated heterocycles. The van der Waals surface area contributed by atoms with Crippen molar-refractivity contribution in [1.82, 2.24) is 5.43 Å². The Morgan fingerprint density at radius 3 is 2.33 bits per heavy atom. The number of ether oxygens (including phenoxy) is 1. The number of carbonyl (C=O) groups is 3. The summed E-state index contributed by atoms with van der Waals surface area (Å²) in [5, 5.41) is 1.11. The number of nitrogens with zero attached hydrogens (tertiary/aromatic N) is 1. The van der Waals surface area contributed by atoms with Crippen LogP contribution in [0.15, 0.2) is 42.5 Å². The van der Waals surface area contributed by atoms with Crippen molar-refractivity contribution in [2.45, 2.75) is 25.9 Å². The van der Waals surface area contributed by atoms with E-state index in [1.165, 1.54) is 37.3 Å². The number of halogens is 2.